The summed E-state index contributed by atoms with van der Waals surface area (Å²) in [6.07, 6.45) is 1.58. The number of hydrogen-bond acceptors (Lipinski definition) is 4. The second-order valence-corrected chi connectivity index (χ2v) is 5.08. The van der Waals surface area contributed by atoms with Gasteiger partial charge in [0.2, 0.25) is 0 Å². The summed E-state index contributed by atoms with van der Waals surface area (Å²) in [5.41, 5.74) is 3.51. The predicted octanol–water partition coefficient (Wildman–Crippen LogP) is 3.60. The van der Waals surface area contributed by atoms with Crippen LogP contribution in [0.3, 0.4) is 0 Å². The molecule has 0 spiro atoms. The lowest BCUT2D eigenvalue weighted by atomic mass is 10.1. The summed E-state index contributed by atoms with van der Waals surface area (Å²) in [6.45, 7) is 6.32. The third-order valence-corrected chi connectivity index (χ3v) is 3.76. The Hall–Kier alpha value is -1.68. The first-order valence-electron chi connectivity index (χ1n) is 5.82. The zero-order valence-electron chi connectivity index (χ0n) is 10.7. The van der Waals surface area contributed by atoms with Gasteiger partial charge in [0.1, 0.15) is 9.88 Å². The summed E-state index contributed by atoms with van der Waals surface area (Å²) in [5, 5.41) is 0.848. The Kier molecular flexibility index (Phi) is 3.77. The van der Waals surface area contributed by atoms with Crippen LogP contribution in [0.2, 0.25) is 0 Å². The van der Waals surface area contributed by atoms with Crippen molar-refractivity contribution in [3.05, 3.63) is 40.4 Å². The molecule has 3 nitrogen and oxygen atoms in total. The summed E-state index contributed by atoms with van der Waals surface area (Å²) in [6, 6.07) is 6.18. The summed E-state index contributed by atoms with van der Waals surface area (Å²) < 4.78 is 4.95. The van der Waals surface area contributed by atoms with Crippen LogP contribution in [0.1, 0.15) is 27.7 Å². The van der Waals surface area contributed by atoms with Gasteiger partial charge in [0.15, 0.2) is 0 Å². The minimum absolute atomic E-state index is 0.301. The van der Waals surface area contributed by atoms with Crippen molar-refractivity contribution >= 4 is 17.3 Å². The molecule has 0 unspecified atom stereocenters. The third kappa shape index (κ3) is 2.59. The van der Waals surface area contributed by atoms with Crippen LogP contribution in [-0.4, -0.2) is 17.6 Å². The smallest absolute Gasteiger partial charge is 0.349 e. The van der Waals surface area contributed by atoms with Crippen molar-refractivity contribution in [2.75, 3.05) is 6.61 Å². The van der Waals surface area contributed by atoms with Gasteiger partial charge in [-0.2, -0.15) is 0 Å². The Morgan fingerprint density at radius 3 is 2.78 bits per heavy atom. The summed E-state index contributed by atoms with van der Waals surface area (Å²) in [7, 11) is 0. The molecule has 0 aliphatic carbocycles. The van der Waals surface area contributed by atoms with Crippen molar-refractivity contribution in [2.45, 2.75) is 20.8 Å². The first-order valence-corrected chi connectivity index (χ1v) is 6.64. The van der Waals surface area contributed by atoms with Gasteiger partial charge in [-0.1, -0.05) is 12.1 Å². The average molecular weight is 261 g/mol. The number of ether oxygens (including phenoxy) is 1. The molecule has 2 aromatic rings. The van der Waals surface area contributed by atoms with Crippen molar-refractivity contribution in [3.63, 3.8) is 0 Å². The quantitative estimate of drug-likeness (QED) is 0.792. The molecule has 1 heterocycles. The summed E-state index contributed by atoms with van der Waals surface area (Å²) >= 11 is 1.36. The van der Waals surface area contributed by atoms with Gasteiger partial charge in [-0.15, -0.1) is 11.3 Å². The second kappa shape index (κ2) is 5.31. The van der Waals surface area contributed by atoms with Crippen LogP contribution in [0.4, 0.5) is 0 Å². The highest BCUT2D eigenvalue weighted by molar-refractivity contribution is 7.16. The van der Waals surface area contributed by atoms with Gasteiger partial charge in [0.05, 0.1) is 12.8 Å². The first-order chi connectivity index (χ1) is 8.61. The molecule has 0 aliphatic heterocycles. The molecule has 2 rings (SSSR count). The van der Waals surface area contributed by atoms with Gasteiger partial charge < -0.3 is 4.74 Å². The number of thiazole rings is 1. The number of aryl methyl sites for hydroxylation is 2. The molecule has 0 bridgehead atoms. The lowest BCUT2D eigenvalue weighted by Crippen LogP contribution is -2.01. The number of rotatable bonds is 3. The molecule has 18 heavy (non-hydrogen) atoms. The van der Waals surface area contributed by atoms with E-state index in [-0.39, 0.29) is 5.97 Å². The fourth-order valence-electron chi connectivity index (χ4n) is 1.58. The monoisotopic (exact) mass is 261 g/mol. The molecule has 0 N–H and O–H groups in total. The summed E-state index contributed by atoms with van der Waals surface area (Å²) in [5.74, 6) is -0.301. The van der Waals surface area contributed by atoms with Crippen LogP contribution in [-0.2, 0) is 4.74 Å². The predicted molar refractivity (Wildman–Crippen MR) is 73.0 cm³/mol. The molecule has 0 fully saturated rings. The number of esters is 1. The highest BCUT2D eigenvalue weighted by Gasteiger charge is 2.12. The van der Waals surface area contributed by atoms with Crippen molar-refractivity contribution in [2.24, 2.45) is 0 Å². The fourth-order valence-corrected chi connectivity index (χ4v) is 2.38. The molecule has 4 heteroatoms. The van der Waals surface area contributed by atoms with E-state index < -0.39 is 0 Å². The number of aromatic nitrogens is 1. The van der Waals surface area contributed by atoms with Crippen LogP contribution in [0, 0.1) is 13.8 Å². The topological polar surface area (TPSA) is 39.2 Å². The van der Waals surface area contributed by atoms with Crippen LogP contribution in [0.5, 0.6) is 0 Å². The van der Waals surface area contributed by atoms with Gasteiger partial charge in [-0.3, -0.25) is 0 Å². The van der Waals surface area contributed by atoms with E-state index in [1.807, 2.05) is 6.07 Å². The average Bonchev–Trinajstić information content (AvgIpc) is 2.82. The Morgan fingerprint density at radius 1 is 1.33 bits per heavy atom. The highest BCUT2D eigenvalue weighted by atomic mass is 32.1. The molecule has 0 atom stereocenters. The van der Waals surface area contributed by atoms with E-state index in [9.17, 15) is 4.79 Å². The molecular weight excluding hydrogens is 246 g/mol. The minimum atomic E-state index is -0.301. The van der Waals surface area contributed by atoms with E-state index in [1.165, 1.54) is 22.5 Å². The van der Waals surface area contributed by atoms with Crippen LogP contribution >= 0.6 is 11.3 Å². The maximum Gasteiger partial charge on any atom is 0.349 e. The Labute approximate surface area is 110 Å². The van der Waals surface area contributed by atoms with Gasteiger partial charge >= 0.3 is 5.97 Å². The SMILES string of the molecule is CCOC(=O)c1cnc(-c2ccc(C)c(C)c2)s1. The Balaban J connectivity index is 2.29. The largest absolute Gasteiger partial charge is 0.462 e. The second-order valence-electron chi connectivity index (χ2n) is 4.05. The van der Waals surface area contributed by atoms with E-state index in [4.69, 9.17) is 4.74 Å². The fraction of sp³-hybridized carbons (Fsp3) is 0.286. The third-order valence-electron chi connectivity index (χ3n) is 2.74. The van der Waals surface area contributed by atoms with E-state index in [0.717, 1.165) is 10.6 Å². The van der Waals surface area contributed by atoms with E-state index in [2.05, 4.69) is 31.0 Å². The number of carbonyl (C=O) groups is 1. The normalized spacial score (nSPS) is 10.4. The number of hydrogen-bond donors (Lipinski definition) is 0. The van der Waals surface area contributed by atoms with E-state index in [1.54, 1.807) is 13.1 Å². The van der Waals surface area contributed by atoms with Gasteiger partial charge in [0.25, 0.3) is 0 Å². The molecule has 1 aromatic carbocycles. The molecule has 0 saturated heterocycles. The molecular formula is C14H15NO2S. The Morgan fingerprint density at radius 2 is 2.11 bits per heavy atom. The van der Waals surface area contributed by atoms with E-state index >= 15 is 0 Å². The Bertz CT molecular complexity index is 575. The highest BCUT2D eigenvalue weighted by Crippen LogP contribution is 2.27. The maximum absolute atomic E-state index is 11.6. The van der Waals surface area contributed by atoms with Gasteiger partial charge in [0, 0.05) is 5.56 Å². The van der Waals surface area contributed by atoms with Crippen molar-refractivity contribution in [3.8, 4) is 10.6 Å². The van der Waals surface area contributed by atoms with Crippen molar-refractivity contribution < 1.29 is 9.53 Å². The number of nitrogens with zero attached hydrogens (tertiary/aromatic N) is 1. The molecule has 0 radical (unpaired) electrons. The van der Waals surface area contributed by atoms with E-state index in [0.29, 0.717) is 11.5 Å². The number of carbonyl (C=O) groups excluding carboxylic acids is 1. The lowest BCUT2D eigenvalue weighted by Gasteiger charge is -2.01. The first kappa shape index (κ1) is 12.8. The number of benzene rings is 1. The zero-order chi connectivity index (χ0) is 13.1. The molecule has 0 saturated carbocycles. The lowest BCUT2D eigenvalue weighted by molar-refractivity contribution is 0.0532. The standard InChI is InChI=1S/C14H15NO2S/c1-4-17-14(16)12-8-15-13(18-12)11-6-5-9(2)10(3)7-11/h5-8H,4H2,1-3H3. The molecule has 0 aliphatic rings. The molecule has 0 amide bonds. The van der Waals surface area contributed by atoms with Crippen molar-refractivity contribution in [1.82, 2.24) is 4.98 Å². The van der Waals surface area contributed by atoms with Crippen LogP contribution < -0.4 is 0 Å². The molecule has 1 aromatic heterocycles. The van der Waals surface area contributed by atoms with Crippen LogP contribution in [0.15, 0.2) is 24.4 Å². The van der Waals surface area contributed by atoms with Gasteiger partial charge in [-0.25, -0.2) is 9.78 Å². The van der Waals surface area contributed by atoms with Gasteiger partial charge in [-0.05, 0) is 38.0 Å². The summed E-state index contributed by atoms with van der Waals surface area (Å²) in [4.78, 5) is 16.4. The van der Waals surface area contributed by atoms with Crippen molar-refractivity contribution in [1.29, 1.82) is 0 Å². The van der Waals surface area contributed by atoms with Crippen LogP contribution in [0.25, 0.3) is 10.6 Å². The zero-order valence-corrected chi connectivity index (χ0v) is 11.5. The maximum atomic E-state index is 11.6. The minimum Gasteiger partial charge on any atom is -0.462 e. The molecule has 94 valence electrons.